The first-order valence-corrected chi connectivity index (χ1v) is 9.67. The van der Waals surface area contributed by atoms with Gasteiger partial charge in [-0.05, 0) is 49.9 Å². The first kappa shape index (κ1) is 17.3. The van der Waals surface area contributed by atoms with Crippen molar-refractivity contribution in [1.82, 2.24) is 14.9 Å². The summed E-state index contributed by atoms with van der Waals surface area (Å²) in [6.45, 7) is 3.04. The number of rotatable bonds is 6. The summed E-state index contributed by atoms with van der Waals surface area (Å²) in [6.07, 6.45) is 4.94. The average molecular weight is 349 g/mol. The van der Waals surface area contributed by atoms with Gasteiger partial charge in [0.2, 0.25) is 0 Å². The number of benzene rings is 2. The highest BCUT2D eigenvalue weighted by Crippen LogP contribution is 2.32. The minimum atomic E-state index is -0.647. The van der Waals surface area contributed by atoms with E-state index in [1.807, 2.05) is 42.5 Å². The molecule has 0 saturated carbocycles. The fourth-order valence-corrected chi connectivity index (χ4v) is 3.94. The molecule has 26 heavy (non-hydrogen) atoms. The molecule has 2 heterocycles. The van der Waals surface area contributed by atoms with Gasteiger partial charge in [-0.2, -0.15) is 0 Å². The van der Waals surface area contributed by atoms with Crippen LogP contribution in [0.15, 0.2) is 54.6 Å². The van der Waals surface area contributed by atoms with Crippen LogP contribution in [0.5, 0.6) is 0 Å². The van der Waals surface area contributed by atoms with E-state index >= 15 is 0 Å². The lowest BCUT2D eigenvalue weighted by Crippen LogP contribution is -2.42. The van der Waals surface area contributed by atoms with E-state index in [9.17, 15) is 5.11 Å². The Bertz CT molecular complexity index is 802. The maximum Gasteiger partial charge on any atom is 0.107 e. The lowest BCUT2D eigenvalue weighted by molar-refractivity contribution is -0.0260. The lowest BCUT2D eigenvalue weighted by atomic mass is 9.84. The Kier molecular flexibility index (Phi) is 5.05. The van der Waals surface area contributed by atoms with Gasteiger partial charge in [0.1, 0.15) is 5.82 Å². The van der Waals surface area contributed by atoms with Crippen LogP contribution in [0.3, 0.4) is 0 Å². The summed E-state index contributed by atoms with van der Waals surface area (Å²) in [6, 6.07) is 18.3. The zero-order chi connectivity index (χ0) is 17.8. The molecule has 1 aliphatic rings. The summed E-state index contributed by atoms with van der Waals surface area (Å²) < 4.78 is 0. The van der Waals surface area contributed by atoms with Crippen molar-refractivity contribution in [2.24, 2.45) is 0 Å². The Hall–Kier alpha value is -2.17. The Balaban J connectivity index is 1.21. The molecular weight excluding hydrogens is 322 g/mol. The van der Waals surface area contributed by atoms with Gasteiger partial charge in [-0.25, -0.2) is 4.98 Å². The number of unbranched alkanes of at least 4 members (excludes halogenated alkanes) is 1. The third-order valence-electron chi connectivity index (χ3n) is 5.57. The molecule has 0 spiro atoms. The van der Waals surface area contributed by atoms with E-state index in [4.69, 9.17) is 0 Å². The number of nitrogens with zero attached hydrogens (tertiary/aromatic N) is 2. The maximum absolute atomic E-state index is 10.9. The minimum Gasteiger partial charge on any atom is -0.385 e. The van der Waals surface area contributed by atoms with Crippen molar-refractivity contribution in [3.05, 3.63) is 66.0 Å². The summed E-state index contributed by atoms with van der Waals surface area (Å²) >= 11 is 0. The van der Waals surface area contributed by atoms with Gasteiger partial charge < -0.3 is 15.0 Å². The summed E-state index contributed by atoms with van der Waals surface area (Å²) in [5.74, 6) is 1.09. The monoisotopic (exact) mass is 349 g/mol. The van der Waals surface area contributed by atoms with Gasteiger partial charge in [0.25, 0.3) is 0 Å². The molecule has 1 saturated heterocycles. The van der Waals surface area contributed by atoms with Crippen LogP contribution in [0.25, 0.3) is 11.0 Å². The molecular formula is C22H27N3O. The van der Waals surface area contributed by atoms with Crippen LogP contribution < -0.4 is 0 Å². The fourth-order valence-electron chi connectivity index (χ4n) is 3.94. The van der Waals surface area contributed by atoms with Gasteiger partial charge in [-0.1, -0.05) is 42.5 Å². The largest absolute Gasteiger partial charge is 0.385 e. The second-order valence-corrected chi connectivity index (χ2v) is 7.40. The van der Waals surface area contributed by atoms with Crippen LogP contribution in [0.1, 0.15) is 37.1 Å². The number of para-hydroxylation sites is 2. The average Bonchev–Trinajstić information content (AvgIpc) is 3.10. The Morgan fingerprint density at radius 3 is 2.46 bits per heavy atom. The molecule has 0 atom stereocenters. The number of fused-ring (bicyclic) bond motifs is 1. The summed E-state index contributed by atoms with van der Waals surface area (Å²) in [5.41, 5.74) is 2.59. The number of hydrogen-bond acceptors (Lipinski definition) is 3. The number of likely N-dealkylation sites (tertiary alicyclic amines) is 1. The van der Waals surface area contributed by atoms with Gasteiger partial charge in [0.15, 0.2) is 0 Å². The smallest absolute Gasteiger partial charge is 0.107 e. The quantitative estimate of drug-likeness (QED) is 0.664. The van der Waals surface area contributed by atoms with Crippen molar-refractivity contribution in [3.8, 4) is 0 Å². The molecule has 0 amide bonds. The number of aromatic nitrogens is 2. The first-order valence-electron chi connectivity index (χ1n) is 9.67. The molecule has 0 radical (unpaired) electrons. The normalized spacial score (nSPS) is 17.6. The molecule has 4 heteroatoms. The standard InChI is InChI=1S/C22H27N3O/c26-22(18-8-2-1-3-9-18)13-16-25(17-14-22)15-7-6-12-21-23-19-10-4-5-11-20(19)24-21/h1-5,8-11,26H,6-7,12-17H2,(H,23,24). The summed E-state index contributed by atoms with van der Waals surface area (Å²) in [7, 11) is 0. The molecule has 136 valence electrons. The molecule has 2 aromatic carbocycles. The number of aromatic amines is 1. The minimum absolute atomic E-state index is 0.647. The number of nitrogens with one attached hydrogen (secondary N) is 1. The van der Waals surface area contributed by atoms with Crippen LogP contribution in [-0.2, 0) is 12.0 Å². The number of imidazole rings is 1. The first-order chi connectivity index (χ1) is 12.7. The molecule has 4 rings (SSSR count). The van der Waals surface area contributed by atoms with E-state index < -0.39 is 5.60 Å². The van der Waals surface area contributed by atoms with Crippen molar-refractivity contribution >= 4 is 11.0 Å². The van der Waals surface area contributed by atoms with Gasteiger partial charge in [0.05, 0.1) is 16.6 Å². The Labute approximate surface area is 154 Å². The van der Waals surface area contributed by atoms with E-state index in [1.165, 1.54) is 6.42 Å². The number of hydrogen-bond donors (Lipinski definition) is 2. The molecule has 1 aliphatic heterocycles. The van der Waals surface area contributed by atoms with E-state index in [1.54, 1.807) is 0 Å². The third kappa shape index (κ3) is 3.81. The number of aliphatic hydroxyl groups is 1. The molecule has 4 nitrogen and oxygen atoms in total. The fraction of sp³-hybridized carbons (Fsp3) is 0.409. The highest BCUT2D eigenvalue weighted by Gasteiger charge is 2.33. The van der Waals surface area contributed by atoms with Crippen molar-refractivity contribution in [1.29, 1.82) is 0 Å². The van der Waals surface area contributed by atoms with E-state index in [2.05, 4.69) is 27.0 Å². The van der Waals surface area contributed by atoms with Crippen LogP contribution in [0.4, 0.5) is 0 Å². The SMILES string of the molecule is OC1(c2ccccc2)CCN(CCCCc2nc3ccccc3[nH]2)CC1. The van der Waals surface area contributed by atoms with E-state index in [0.29, 0.717) is 0 Å². The van der Waals surface area contributed by atoms with Crippen molar-refractivity contribution < 1.29 is 5.11 Å². The van der Waals surface area contributed by atoms with Crippen LogP contribution >= 0.6 is 0 Å². The topological polar surface area (TPSA) is 52.1 Å². The van der Waals surface area contributed by atoms with Gasteiger partial charge in [-0.3, -0.25) is 0 Å². The maximum atomic E-state index is 10.9. The zero-order valence-electron chi connectivity index (χ0n) is 15.2. The van der Waals surface area contributed by atoms with Crippen LogP contribution in [0, 0.1) is 0 Å². The second kappa shape index (κ2) is 7.60. The lowest BCUT2D eigenvalue weighted by Gasteiger charge is -2.38. The Morgan fingerprint density at radius 1 is 0.962 bits per heavy atom. The second-order valence-electron chi connectivity index (χ2n) is 7.40. The van der Waals surface area contributed by atoms with Crippen LogP contribution in [0.2, 0.25) is 0 Å². The summed E-state index contributed by atoms with van der Waals surface area (Å²) in [4.78, 5) is 10.5. The Morgan fingerprint density at radius 2 is 1.69 bits per heavy atom. The highest BCUT2D eigenvalue weighted by molar-refractivity contribution is 5.74. The van der Waals surface area contributed by atoms with Crippen molar-refractivity contribution in [2.45, 2.75) is 37.7 Å². The number of aryl methyl sites for hydroxylation is 1. The predicted octanol–water partition coefficient (Wildman–Crippen LogP) is 3.87. The molecule has 1 aromatic heterocycles. The zero-order valence-corrected chi connectivity index (χ0v) is 15.2. The van der Waals surface area contributed by atoms with Crippen molar-refractivity contribution in [2.75, 3.05) is 19.6 Å². The van der Waals surface area contributed by atoms with Crippen LogP contribution in [-0.4, -0.2) is 39.6 Å². The molecule has 0 bridgehead atoms. The van der Waals surface area contributed by atoms with E-state index in [-0.39, 0.29) is 0 Å². The molecule has 1 fully saturated rings. The molecule has 2 N–H and O–H groups in total. The molecule has 3 aromatic rings. The van der Waals surface area contributed by atoms with Gasteiger partial charge >= 0.3 is 0 Å². The highest BCUT2D eigenvalue weighted by atomic mass is 16.3. The molecule has 0 aliphatic carbocycles. The van der Waals surface area contributed by atoms with Crippen molar-refractivity contribution in [3.63, 3.8) is 0 Å². The predicted molar refractivity (Wildman–Crippen MR) is 105 cm³/mol. The molecule has 0 unspecified atom stereocenters. The number of piperidine rings is 1. The number of H-pyrrole nitrogens is 1. The van der Waals surface area contributed by atoms with Gasteiger partial charge in [0, 0.05) is 19.5 Å². The van der Waals surface area contributed by atoms with E-state index in [0.717, 1.165) is 67.7 Å². The van der Waals surface area contributed by atoms with Gasteiger partial charge in [-0.15, -0.1) is 0 Å². The summed E-state index contributed by atoms with van der Waals surface area (Å²) in [5, 5.41) is 10.9. The third-order valence-corrected chi connectivity index (χ3v) is 5.57.